The van der Waals surface area contributed by atoms with Gasteiger partial charge in [-0.2, -0.15) is 0 Å². The fourth-order valence-electron chi connectivity index (χ4n) is 0.767. The van der Waals surface area contributed by atoms with Crippen molar-refractivity contribution in [2.45, 2.75) is 39.4 Å². The van der Waals surface area contributed by atoms with Gasteiger partial charge in [-0.25, -0.2) is 0 Å². The van der Waals surface area contributed by atoms with E-state index in [9.17, 15) is 0 Å². The minimum atomic E-state index is 0.222. The molecule has 2 heteroatoms. The SMILES string of the molecule is CCC(C)OC(C)COC. The molecular weight excluding hydrogens is 128 g/mol. The van der Waals surface area contributed by atoms with Crippen LogP contribution in [0.2, 0.25) is 0 Å². The molecular formula is C8H18O2. The van der Waals surface area contributed by atoms with E-state index >= 15 is 0 Å². The summed E-state index contributed by atoms with van der Waals surface area (Å²) in [5, 5.41) is 0. The van der Waals surface area contributed by atoms with Gasteiger partial charge in [-0.05, 0) is 20.3 Å². The molecule has 0 aromatic rings. The van der Waals surface area contributed by atoms with Crippen LogP contribution in [-0.4, -0.2) is 25.9 Å². The maximum atomic E-state index is 5.51. The number of hydrogen-bond acceptors (Lipinski definition) is 2. The van der Waals surface area contributed by atoms with Crippen LogP contribution in [0.1, 0.15) is 27.2 Å². The Morgan fingerprint density at radius 1 is 1.20 bits per heavy atom. The highest BCUT2D eigenvalue weighted by atomic mass is 16.5. The summed E-state index contributed by atoms with van der Waals surface area (Å²) in [6.07, 6.45) is 1.64. The van der Waals surface area contributed by atoms with E-state index in [0.717, 1.165) is 6.42 Å². The zero-order valence-corrected chi connectivity index (χ0v) is 7.39. The molecule has 2 atom stereocenters. The van der Waals surface area contributed by atoms with E-state index in [1.54, 1.807) is 7.11 Å². The molecule has 0 aliphatic heterocycles. The number of ether oxygens (including phenoxy) is 2. The van der Waals surface area contributed by atoms with Crippen molar-refractivity contribution < 1.29 is 9.47 Å². The average Bonchev–Trinajstić information content (AvgIpc) is 1.88. The summed E-state index contributed by atoms with van der Waals surface area (Å²) < 4.78 is 10.4. The third-order valence-corrected chi connectivity index (χ3v) is 1.44. The quantitative estimate of drug-likeness (QED) is 0.589. The van der Waals surface area contributed by atoms with E-state index in [1.165, 1.54) is 0 Å². The second-order valence-electron chi connectivity index (χ2n) is 2.62. The van der Waals surface area contributed by atoms with Gasteiger partial charge in [-0.1, -0.05) is 6.92 Å². The van der Waals surface area contributed by atoms with Crippen molar-refractivity contribution in [1.29, 1.82) is 0 Å². The van der Waals surface area contributed by atoms with Gasteiger partial charge in [-0.3, -0.25) is 0 Å². The standard InChI is InChI=1S/C8H18O2/c1-5-7(2)10-8(3)6-9-4/h7-8H,5-6H2,1-4H3. The molecule has 0 aliphatic rings. The number of hydrogen-bond donors (Lipinski definition) is 0. The van der Waals surface area contributed by atoms with E-state index in [1.807, 2.05) is 6.92 Å². The van der Waals surface area contributed by atoms with Crippen LogP contribution >= 0.6 is 0 Å². The van der Waals surface area contributed by atoms with Gasteiger partial charge in [0.05, 0.1) is 18.8 Å². The molecule has 2 unspecified atom stereocenters. The third kappa shape index (κ3) is 4.77. The Labute approximate surface area is 63.5 Å². The maximum absolute atomic E-state index is 5.51. The van der Waals surface area contributed by atoms with Crippen molar-refractivity contribution in [2.75, 3.05) is 13.7 Å². The molecule has 0 bridgehead atoms. The van der Waals surface area contributed by atoms with Gasteiger partial charge in [0.25, 0.3) is 0 Å². The van der Waals surface area contributed by atoms with Gasteiger partial charge in [0, 0.05) is 7.11 Å². The van der Waals surface area contributed by atoms with Gasteiger partial charge in [0.2, 0.25) is 0 Å². The topological polar surface area (TPSA) is 18.5 Å². The summed E-state index contributed by atoms with van der Waals surface area (Å²) in [5.74, 6) is 0. The molecule has 0 aromatic heterocycles. The lowest BCUT2D eigenvalue weighted by molar-refractivity contribution is -0.0319. The van der Waals surface area contributed by atoms with E-state index in [0.29, 0.717) is 12.7 Å². The summed E-state index contributed by atoms with van der Waals surface area (Å²) in [7, 11) is 1.69. The summed E-state index contributed by atoms with van der Waals surface area (Å²) in [5.41, 5.74) is 0. The lowest BCUT2D eigenvalue weighted by Gasteiger charge is -2.16. The number of rotatable bonds is 5. The Bertz CT molecular complexity index is 73.7. The van der Waals surface area contributed by atoms with Crippen molar-refractivity contribution in [3.8, 4) is 0 Å². The molecule has 0 aliphatic carbocycles. The second-order valence-corrected chi connectivity index (χ2v) is 2.62. The minimum Gasteiger partial charge on any atom is -0.382 e. The first kappa shape index (κ1) is 9.92. The highest BCUT2D eigenvalue weighted by Crippen LogP contribution is 2.01. The Balaban J connectivity index is 3.27. The normalized spacial score (nSPS) is 16.8. The lowest BCUT2D eigenvalue weighted by atomic mass is 10.3. The molecule has 0 amide bonds. The van der Waals surface area contributed by atoms with Crippen LogP contribution in [0.4, 0.5) is 0 Å². The van der Waals surface area contributed by atoms with Crippen LogP contribution in [0.25, 0.3) is 0 Å². The number of methoxy groups -OCH3 is 1. The van der Waals surface area contributed by atoms with Gasteiger partial charge in [0.15, 0.2) is 0 Å². The highest BCUT2D eigenvalue weighted by molar-refractivity contribution is 4.51. The van der Waals surface area contributed by atoms with Crippen molar-refractivity contribution in [1.82, 2.24) is 0 Å². The summed E-state index contributed by atoms with van der Waals surface area (Å²) >= 11 is 0. The van der Waals surface area contributed by atoms with Crippen LogP contribution in [0.15, 0.2) is 0 Å². The first-order valence-corrected chi connectivity index (χ1v) is 3.85. The Hall–Kier alpha value is -0.0800. The Morgan fingerprint density at radius 2 is 1.80 bits per heavy atom. The van der Waals surface area contributed by atoms with Gasteiger partial charge in [-0.15, -0.1) is 0 Å². The van der Waals surface area contributed by atoms with Crippen molar-refractivity contribution in [3.63, 3.8) is 0 Å². The first-order chi connectivity index (χ1) is 4.70. The van der Waals surface area contributed by atoms with Crippen LogP contribution in [-0.2, 0) is 9.47 Å². The molecule has 0 heterocycles. The Kier molecular flexibility index (Phi) is 5.64. The monoisotopic (exact) mass is 146 g/mol. The smallest absolute Gasteiger partial charge is 0.0783 e. The lowest BCUT2D eigenvalue weighted by Crippen LogP contribution is -2.20. The molecule has 0 N–H and O–H groups in total. The molecule has 0 spiro atoms. The van der Waals surface area contributed by atoms with Crippen molar-refractivity contribution >= 4 is 0 Å². The predicted octanol–water partition coefficient (Wildman–Crippen LogP) is 1.84. The van der Waals surface area contributed by atoms with Crippen LogP contribution in [0.5, 0.6) is 0 Å². The average molecular weight is 146 g/mol. The van der Waals surface area contributed by atoms with E-state index < -0.39 is 0 Å². The molecule has 0 saturated heterocycles. The van der Waals surface area contributed by atoms with Gasteiger partial charge in [0.1, 0.15) is 0 Å². The highest BCUT2D eigenvalue weighted by Gasteiger charge is 2.04. The zero-order valence-electron chi connectivity index (χ0n) is 7.39. The molecule has 0 rings (SSSR count). The molecule has 0 aromatic carbocycles. The summed E-state index contributed by atoms with van der Waals surface area (Å²) in [6.45, 7) is 6.90. The van der Waals surface area contributed by atoms with Crippen LogP contribution in [0, 0.1) is 0 Å². The fourth-order valence-corrected chi connectivity index (χ4v) is 0.767. The molecule has 2 nitrogen and oxygen atoms in total. The van der Waals surface area contributed by atoms with Crippen LogP contribution in [0.3, 0.4) is 0 Å². The molecule has 62 valence electrons. The predicted molar refractivity (Wildman–Crippen MR) is 42.2 cm³/mol. The zero-order chi connectivity index (χ0) is 7.98. The largest absolute Gasteiger partial charge is 0.382 e. The van der Waals surface area contributed by atoms with Crippen LogP contribution < -0.4 is 0 Å². The summed E-state index contributed by atoms with van der Waals surface area (Å²) in [4.78, 5) is 0. The second kappa shape index (κ2) is 5.69. The van der Waals surface area contributed by atoms with Crippen molar-refractivity contribution in [3.05, 3.63) is 0 Å². The maximum Gasteiger partial charge on any atom is 0.0783 e. The molecule has 0 saturated carbocycles. The minimum absolute atomic E-state index is 0.222. The van der Waals surface area contributed by atoms with Crippen molar-refractivity contribution in [2.24, 2.45) is 0 Å². The van der Waals surface area contributed by atoms with Gasteiger partial charge >= 0.3 is 0 Å². The first-order valence-electron chi connectivity index (χ1n) is 3.85. The fraction of sp³-hybridized carbons (Fsp3) is 1.00. The van der Waals surface area contributed by atoms with E-state index in [4.69, 9.17) is 9.47 Å². The Morgan fingerprint density at radius 3 is 2.20 bits per heavy atom. The molecule has 0 radical (unpaired) electrons. The summed E-state index contributed by atoms with van der Waals surface area (Å²) in [6, 6.07) is 0. The van der Waals surface area contributed by atoms with E-state index in [-0.39, 0.29) is 6.10 Å². The molecule has 10 heavy (non-hydrogen) atoms. The van der Waals surface area contributed by atoms with Gasteiger partial charge < -0.3 is 9.47 Å². The molecule has 0 fully saturated rings. The van der Waals surface area contributed by atoms with E-state index in [2.05, 4.69) is 13.8 Å². The third-order valence-electron chi connectivity index (χ3n) is 1.44.